The Morgan fingerprint density at radius 3 is 2.57 bits per heavy atom. The van der Waals surface area contributed by atoms with E-state index < -0.39 is 0 Å². The van der Waals surface area contributed by atoms with E-state index in [4.69, 9.17) is 9.47 Å². The van der Waals surface area contributed by atoms with Crippen molar-refractivity contribution in [3.8, 4) is 11.5 Å². The molecule has 0 atom stereocenters. The molecular formula is C18H29NO2. The van der Waals surface area contributed by atoms with Crippen molar-refractivity contribution in [2.24, 2.45) is 5.92 Å². The molecule has 0 radical (unpaired) electrons. The first-order chi connectivity index (χ1) is 10.1. The number of nitrogens with one attached hydrogen (secondary N) is 1. The van der Waals surface area contributed by atoms with Gasteiger partial charge in [0.2, 0.25) is 0 Å². The quantitative estimate of drug-likeness (QED) is 0.656. The van der Waals surface area contributed by atoms with Crippen molar-refractivity contribution in [1.29, 1.82) is 0 Å². The summed E-state index contributed by atoms with van der Waals surface area (Å²) >= 11 is 0. The van der Waals surface area contributed by atoms with Crippen LogP contribution in [0.25, 0.3) is 0 Å². The van der Waals surface area contributed by atoms with Crippen molar-refractivity contribution in [1.82, 2.24) is 5.32 Å². The van der Waals surface area contributed by atoms with Gasteiger partial charge in [0.15, 0.2) is 11.5 Å². The highest BCUT2D eigenvalue weighted by Gasteiger charge is 2.07. The van der Waals surface area contributed by atoms with Crippen LogP contribution in [-0.2, 0) is 6.54 Å². The van der Waals surface area contributed by atoms with Gasteiger partial charge in [0, 0.05) is 6.54 Å². The van der Waals surface area contributed by atoms with Gasteiger partial charge in [-0.2, -0.15) is 0 Å². The third kappa shape index (κ3) is 6.67. The first-order valence-corrected chi connectivity index (χ1v) is 7.82. The first kappa shape index (κ1) is 17.6. The van der Waals surface area contributed by atoms with E-state index in [1.165, 1.54) is 5.56 Å². The predicted molar refractivity (Wildman–Crippen MR) is 89.1 cm³/mol. The first-order valence-electron chi connectivity index (χ1n) is 7.82. The molecule has 118 valence electrons. The molecule has 0 aliphatic rings. The SMILES string of the molecule is C=C(CC)COc1ccc(CNCC(C)C)cc1OCC. The van der Waals surface area contributed by atoms with Gasteiger partial charge in [-0.25, -0.2) is 0 Å². The van der Waals surface area contributed by atoms with E-state index in [1.54, 1.807) is 0 Å². The van der Waals surface area contributed by atoms with Crippen molar-refractivity contribution in [2.45, 2.75) is 40.7 Å². The van der Waals surface area contributed by atoms with Gasteiger partial charge in [0.05, 0.1) is 6.61 Å². The molecule has 0 fully saturated rings. The lowest BCUT2D eigenvalue weighted by Gasteiger charge is -2.14. The smallest absolute Gasteiger partial charge is 0.161 e. The van der Waals surface area contributed by atoms with E-state index in [-0.39, 0.29) is 0 Å². The third-order valence-corrected chi connectivity index (χ3v) is 3.12. The van der Waals surface area contributed by atoms with E-state index >= 15 is 0 Å². The topological polar surface area (TPSA) is 30.5 Å². The molecule has 0 heterocycles. The second kappa shape index (κ2) is 9.46. The van der Waals surface area contributed by atoms with Gasteiger partial charge in [-0.3, -0.25) is 0 Å². The van der Waals surface area contributed by atoms with Crippen LogP contribution in [0.5, 0.6) is 11.5 Å². The van der Waals surface area contributed by atoms with Crippen LogP contribution in [0.2, 0.25) is 0 Å². The Hall–Kier alpha value is -1.48. The summed E-state index contributed by atoms with van der Waals surface area (Å²) in [5, 5.41) is 3.44. The molecule has 1 rings (SSSR count). The van der Waals surface area contributed by atoms with Crippen LogP contribution in [0.1, 0.15) is 39.7 Å². The lowest BCUT2D eigenvalue weighted by atomic mass is 10.1. The maximum atomic E-state index is 5.80. The minimum atomic E-state index is 0.543. The highest BCUT2D eigenvalue weighted by atomic mass is 16.5. The van der Waals surface area contributed by atoms with Gasteiger partial charge in [0.1, 0.15) is 6.61 Å². The second-order valence-electron chi connectivity index (χ2n) is 5.63. The molecule has 0 unspecified atom stereocenters. The van der Waals surface area contributed by atoms with Crippen LogP contribution in [0.15, 0.2) is 30.4 Å². The Morgan fingerprint density at radius 1 is 1.19 bits per heavy atom. The number of hydrogen-bond acceptors (Lipinski definition) is 3. The Labute approximate surface area is 129 Å². The van der Waals surface area contributed by atoms with Gasteiger partial charge >= 0.3 is 0 Å². The molecular weight excluding hydrogens is 262 g/mol. The maximum Gasteiger partial charge on any atom is 0.161 e. The maximum absolute atomic E-state index is 5.80. The molecule has 0 aliphatic carbocycles. The Morgan fingerprint density at radius 2 is 1.95 bits per heavy atom. The fourth-order valence-corrected chi connectivity index (χ4v) is 1.84. The summed E-state index contributed by atoms with van der Waals surface area (Å²) in [6, 6.07) is 6.13. The average molecular weight is 291 g/mol. The minimum absolute atomic E-state index is 0.543. The normalized spacial score (nSPS) is 10.7. The summed E-state index contributed by atoms with van der Waals surface area (Å²) < 4.78 is 11.5. The second-order valence-corrected chi connectivity index (χ2v) is 5.63. The average Bonchev–Trinajstić information content (AvgIpc) is 2.46. The molecule has 0 aromatic heterocycles. The summed E-state index contributed by atoms with van der Waals surface area (Å²) in [4.78, 5) is 0. The van der Waals surface area contributed by atoms with Crippen LogP contribution in [0.3, 0.4) is 0 Å². The van der Waals surface area contributed by atoms with Gasteiger partial charge in [-0.05, 0) is 49.1 Å². The van der Waals surface area contributed by atoms with E-state index in [2.05, 4.69) is 44.8 Å². The van der Waals surface area contributed by atoms with Gasteiger partial charge in [-0.1, -0.05) is 33.4 Å². The monoisotopic (exact) mass is 291 g/mol. The Balaban J connectivity index is 2.69. The fourth-order valence-electron chi connectivity index (χ4n) is 1.84. The fraction of sp³-hybridized carbons (Fsp3) is 0.556. The summed E-state index contributed by atoms with van der Waals surface area (Å²) in [5.74, 6) is 2.25. The van der Waals surface area contributed by atoms with E-state index in [1.807, 2.05) is 13.0 Å². The molecule has 0 saturated carbocycles. The number of ether oxygens (including phenoxy) is 2. The van der Waals surface area contributed by atoms with Crippen LogP contribution in [0.4, 0.5) is 0 Å². The summed E-state index contributed by atoms with van der Waals surface area (Å²) in [7, 11) is 0. The molecule has 1 N–H and O–H groups in total. The van der Waals surface area contributed by atoms with Crippen molar-refractivity contribution in [3.63, 3.8) is 0 Å². The summed E-state index contributed by atoms with van der Waals surface area (Å²) in [6.07, 6.45) is 0.932. The lowest BCUT2D eigenvalue weighted by molar-refractivity contribution is 0.291. The van der Waals surface area contributed by atoms with Gasteiger partial charge in [0.25, 0.3) is 0 Å². The van der Waals surface area contributed by atoms with E-state index in [0.29, 0.717) is 19.1 Å². The van der Waals surface area contributed by atoms with Crippen LogP contribution >= 0.6 is 0 Å². The molecule has 0 bridgehead atoms. The molecule has 3 nitrogen and oxygen atoms in total. The molecule has 0 aliphatic heterocycles. The summed E-state index contributed by atoms with van der Waals surface area (Å²) in [6.45, 7) is 15.5. The molecule has 1 aromatic carbocycles. The molecule has 0 amide bonds. The highest BCUT2D eigenvalue weighted by Crippen LogP contribution is 2.29. The molecule has 0 spiro atoms. The van der Waals surface area contributed by atoms with Crippen molar-refractivity contribution in [2.75, 3.05) is 19.8 Å². The van der Waals surface area contributed by atoms with Crippen LogP contribution < -0.4 is 14.8 Å². The zero-order valence-corrected chi connectivity index (χ0v) is 13.9. The number of hydrogen-bond donors (Lipinski definition) is 1. The van der Waals surface area contributed by atoms with Gasteiger partial charge in [-0.15, -0.1) is 0 Å². The zero-order chi connectivity index (χ0) is 15.7. The lowest BCUT2D eigenvalue weighted by Crippen LogP contribution is -2.19. The molecule has 21 heavy (non-hydrogen) atoms. The van der Waals surface area contributed by atoms with Crippen molar-refractivity contribution in [3.05, 3.63) is 35.9 Å². The molecule has 0 saturated heterocycles. The third-order valence-electron chi connectivity index (χ3n) is 3.12. The highest BCUT2D eigenvalue weighted by molar-refractivity contribution is 5.43. The number of benzene rings is 1. The largest absolute Gasteiger partial charge is 0.490 e. The van der Waals surface area contributed by atoms with Crippen molar-refractivity contribution >= 4 is 0 Å². The molecule has 3 heteroatoms. The standard InChI is InChI=1S/C18H29NO2/c1-6-15(5)13-21-17-9-8-16(10-18(17)20-7-2)12-19-11-14(3)4/h8-10,14,19H,5-7,11-13H2,1-4H3. The van der Waals surface area contributed by atoms with Crippen LogP contribution in [0, 0.1) is 5.92 Å². The number of rotatable bonds is 10. The van der Waals surface area contributed by atoms with E-state index in [0.717, 1.165) is 36.6 Å². The summed E-state index contributed by atoms with van der Waals surface area (Å²) in [5.41, 5.74) is 2.29. The molecule has 1 aromatic rings. The minimum Gasteiger partial charge on any atom is -0.490 e. The Bertz CT molecular complexity index is 441. The Kier molecular flexibility index (Phi) is 7.91. The van der Waals surface area contributed by atoms with E-state index in [9.17, 15) is 0 Å². The van der Waals surface area contributed by atoms with Crippen molar-refractivity contribution < 1.29 is 9.47 Å². The zero-order valence-electron chi connectivity index (χ0n) is 13.9. The predicted octanol–water partition coefficient (Wildman–Crippen LogP) is 4.18. The van der Waals surface area contributed by atoms with Gasteiger partial charge < -0.3 is 14.8 Å². The van der Waals surface area contributed by atoms with Crippen LogP contribution in [-0.4, -0.2) is 19.8 Å².